The van der Waals surface area contributed by atoms with E-state index in [2.05, 4.69) is 10.3 Å². The van der Waals surface area contributed by atoms with Gasteiger partial charge >= 0.3 is 12.0 Å². The smallest absolute Gasteiger partial charge is 0.324 e. The first-order chi connectivity index (χ1) is 12.1. The molecule has 0 bridgehead atoms. The molecule has 0 aliphatic carbocycles. The number of carbonyl (C=O) groups excluding carboxylic acids is 3. The van der Waals surface area contributed by atoms with Gasteiger partial charge in [-0.15, -0.1) is 0 Å². The number of amides is 3. The summed E-state index contributed by atoms with van der Waals surface area (Å²) in [7, 11) is 0. The lowest BCUT2D eigenvalue weighted by Crippen LogP contribution is -2.37. The number of fused-ring (bicyclic) bond motifs is 1. The average Bonchev–Trinajstić information content (AvgIpc) is 3.05. The second-order valence-electron chi connectivity index (χ2n) is 5.45. The van der Waals surface area contributed by atoms with Crippen LogP contribution in [0.2, 0.25) is 0 Å². The number of nitrogens with zero attached hydrogens (tertiary/aromatic N) is 3. The number of para-hydroxylation sites is 1. The van der Waals surface area contributed by atoms with Crippen molar-refractivity contribution in [2.75, 3.05) is 19.7 Å². The van der Waals surface area contributed by atoms with Crippen molar-refractivity contribution >= 4 is 28.8 Å². The Labute approximate surface area is 142 Å². The molecule has 1 fully saturated rings. The molecule has 1 aliphatic rings. The Morgan fingerprint density at radius 1 is 1.24 bits per heavy atom. The lowest BCUT2D eigenvalue weighted by atomic mass is 10.2. The third-order valence-corrected chi connectivity index (χ3v) is 3.80. The highest BCUT2D eigenvalue weighted by Crippen LogP contribution is 2.05. The van der Waals surface area contributed by atoms with Gasteiger partial charge in [-0.1, -0.05) is 12.1 Å². The molecular weight excluding hydrogens is 328 g/mol. The molecule has 1 aliphatic heterocycles. The summed E-state index contributed by atoms with van der Waals surface area (Å²) >= 11 is 0. The number of esters is 1. The number of nitrogens with one attached hydrogen (secondary N) is 1. The third-order valence-electron chi connectivity index (χ3n) is 3.80. The molecule has 25 heavy (non-hydrogen) atoms. The monoisotopic (exact) mass is 344 g/mol. The molecule has 0 unspecified atom stereocenters. The lowest BCUT2D eigenvalue weighted by molar-refractivity contribution is -0.150. The quantitative estimate of drug-likeness (QED) is 0.757. The molecule has 1 aromatic heterocycles. The van der Waals surface area contributed by atoms with Crippen molar-refractivity contribution in [3.8, 4) is 0 Å². The minimum absolute atomic E-state index is 0.0839. The Morgan fingerprint density at radius 2 is 2.04 bits per heavy atom. The van der Waals surface area contributed by atoms with E-state index in [1.165, 1.54) is 10.9 Å². The van der Waals surface area contributed by atoms with Crippen LogP contribution >= 0.6 is 0 Å². The molecule has 1 aromatic carbocycles. The largest absolute Gasteiger partial charge is 0.455 e. The summed E-state index contributed by atoms with van der Waals surface area (Å²) in [4.78, 5) is 52.3. The number of carbonyl (C=O) groups is 3. The number of imide groups is 1. The highest BCUT2D eigenvalue weighted by Gasteiger charge is 2.26. The summed E-state index contributed by atoms with van der Waals surface area (Å²) in [5, 5.41) is 2.95. The summed E-state index contributed by atoms with van der Waals surface area (Å²) in [5.74, 6) is -1.21. The highest BCUT2D eigenvalue weighted by atomic mass is 16.5. The van der Waals surface area contributed by atoms with Gasteiger partial charge in [-0.3, -0.25) is 23.9 Å². The zero-order valence-electron chi connectivity index (χ0n) is 13.3. The summed E-state index contributed by atoms with van der Waals surface area (Å²) < 4.78 is 6.19. The van der Waals surface area contributed by atoms with E-state index in [9.17, 15) is 19.2 Å². The maximum absolute atomic E-state index is 12.3. The van der Waals surface area contributed by atoms with Gasteiger partial charge in [0.05, 0.1) is 23.7 Å². The standard InChI is InChI=1S/C16H16N4O5/c21-13(20-8-6-17-16(20)24)9-25-14(22)5-7-19-10-18-12-4-2-1-3-11(12)15(19)23/h1-4,10H,5-9H2,(H,17,24). The van der Waals surface area contributed by atoms with Crippen LogP contribution in [0.15, 0.2) is 35.4 Å². The summed E-state index contributed by atoms with van der Waals surface area (Å²) in [6.07, 6.45) is 1.29. The minimum atomic E-state index is -0.631. The van der Waals surface area contributed by atoms with Gasteiger partial charge in [-0.2, -0.15) is 0 Å². The molecule has 1 N–H and O–H groups in total. The van der Waals surface area contributed by atoms with Gasteiger partial charge in [0.2, 0.25) is 0 Å². The summed E-state index contributed by atoms with van der Waals surface area (Å²) in [6.45, 7) is 0.231. The minimum Gasteiger partial charge on any atom is -0.455 e. The van der Waals surface area contributed by atoms with Crippen LogP contribution in [0.3, 0.4) is 0 Å². The Balaban J connectivity index is 1.54. The number of hydrogen-bond acceptors (Lipinski definition) is 6. The fraction of sp³-hybridized carbons (Fsp3) is 0.312. The van der Waals surface area contributed by atoms with E-state index in [1.54, 1.807) is 24.3 Å². The normalized spacial score (nSPS) is 13.8. The zero-order valence-corrected chi connectivity index (χ0v) is 13.3. The summed E-state index contributed by atoms with van der Waals surface area (Å²) in [6, 6.07) is 6.43. The Morgan fingerprint density at radius 3 is 2.80 bits per heavy atom. The van der Waals surface area contributed by atoms with Crippen LogP contribution in [0.25, 0.3) is 10.9 Å². The third kappa shape index (κ3) is 3.65. The predicted octanol–water partition coefficient (Wildman–Crippen LogP) is -0.118. The fourth-order valence-corrected chi connectivity index (χ4v) is 2.48. The van der Waals surface area contributed by atoms with Gasteiger partial charge in [0.25, 0.3) is 11.5 Å². The number of aromatic nitrogens is 2. The van der Waals surface area contributed by atoms with E-state index in [0.717, 1.165) is 4.90 Å². The molecule has 0 spiro atoms. The van der Waals surface area contributed by atoms with Crippen LogP contribution in [0.5, 0.6) is 0 Å². The van der Waals surface area contributed by atoms with Crippen LogP contribution in [0, 0.1) is 0 Å². The van der Waals surface area contributed by atoms with Crippen molar-refractivity contribution in [2.24, 2.45) is 0 Å². The first kappa shape index (κ1) is 16.6. The van der Waals surface area contributed by atoms with Crippen LogP contribution in [0.4, 0.5) is 4.79 Å². The SMILES string of the molecule is O=C(CCn1cnc2ccccc2c1=O)OCC(=O)N1CCNC1=O. The van der Waals surface area contributed by atoms with Crippen molar-refractivity contribution in [3.63, 3.8) is 0 Å². The molecule has 2 heterocycles. The van der Waals surface area contributed by atoms with Crippen LogP contribution in [-0.4, -0.2) is 52.1 Å². The molecule has 130 valence electrons. The average molecular weight is 344 g/mol. The van der Waals surface area contributed by atoms with Gasteiger partial charge in [0, 0.05) is 19.6 Å². The number of aryl methyl sites for hydroxylation is 1. The summed E-state index contributed by atoms with van der Waals surface area (Å²) in [5.41, 5.74) is 0.337. The van der Waals surface area contributed by atoms with Crippen molar-refractivity contribution in [2.45, 2.75) is 13.0 Å². The van der Waals surface area contributed by atoms with Gasteiger partial charge in [-0.05, 0) is 12.1 Å². The first-order valence-corrected chi connectivity index (χ1v) is 7.74. The number of rotatable bonds is 5. The maximum Gasteiger partial charge on any atom is 0.324 e. The molecule has 3 amide bonds. The second kappa shape index (κ2) is 7.12. The van der Waals surface area contributed by atoms with E-state index in [0.29, 0.717) is 17.4 Å². The van der Waals surface area contributed by atoms with Crippen LogP contribution < -0.4 is 10.9 Å². The molecule has 2 aromatic rings. The first-order valence-electron chi connectivity index (χ1n) is 7.74. The van der Waals surface area contributed by atoms with Gasteiger partial charge in [0.15, 0.2) is 6.61 Å². The molecule has 0 atom stereocenters. The highest BCUT2D eigenvalue weighted by molar-refractivity contribution is 5.96. The van der Waals surface area contributed by atoms with Crippen molar-refractivity contribution in [1.82, 2.24) is 19.8 Å². The van der Waals surface area contributed by atoms with E-state index < -0.39 is 24.5 Å². The van der Waals surface area contributed by atoms with Gasteiger partial charge < -0.3 is 10.1 Å². The van der Waals surface area contributed by atoms with Crippen LogP contribution in [-0.2, 0) is 20.9 Å². The van der Waals surface area contributed by atoms with Gasteiger partial charge in [-0.25, -0.2) is 9.78 Å². The van der Waals surface area contributed by atoms with E-state index in [4.69, 9.17) is 4.74 Å². The maximum atomic E-state index is 12.3. The number of hydrogen-bond donors (Lipinski definition) is 1. The number of urea groups is 1. The van der Waals surface area contributed by atoms with Crippen molar-refractivity contribution in [3.05, 3.63) is 40.9 Å². The number of benzene rings is 1. The predicted molar refractivity (Wildman–Crippen MR) is 86.7 cm³/mol. The zero-order chi connectivity index (χ0) is 17.8. The topological polar surface area (TPSA) is 111 Å². The lowest BCUT2D eigenvalue weighted by Gasteiger charge is -2.12. The molecule has 0 radical (unpaired) electrons. The Kier molecular flexibility index (Phi) is 4.73. The van der Waals surface area contributed by atoms with Crippen LogP contribution in [0.1, 0.15) is 6.42 Å². The van der Waals surface area contributed by atoms with Gasteiger partial charge in [0.1, 0.15) is 0 Å². The Bertz CT molecular complexity index is 891. The van der Waals surface area contributed by atoms with E-state index in [1.807, 2.05) is 0 Å². The van der Waals surface area contributed by atoms with E-state index in [-0.39, 0.29) is 25.1 Å². The molecule has 3 rings (SSSR count). The van der Waals surface area contributed by atoms with Crippen molar-refractivity contribution < 1.29 is 19.1 Å². The number of ether oxygens (including phenoxy) is 1. The molecule has 9 nitrogen and oxygen atoms in total. The molecule has 0 saturated carbocycles. The molecular formula is C16H16N4O5. The van der Waals surface area contributed by atoms with E-state index >= 15 is 0 Å². The molecule has 9 heteroatoms. The fourth-order valence-electron chi connectivity index (χ4n) is 2.48. The second-order valence-corrected chi connectivity index (χ2v) is 5.45. The molecule has 1 saturated heterocycles. The van der Waals surface area contributed by atoms with Crippen molar-refractivity contribution in [1.29, 1.82) is 0 Å². The Hall–Kier alpha value is -3.23.